The molecule has 2 heterocycles. The van der Waals surface area contributed by atoms with E-state index in [2.05, 4.69) is 13.8 Å². The predicted molar refractivity (Wildman–Crippen MR) is 100 cm³/mol. The average Bonchev–Trinajstić information content (AvgIpc) is 3.17. The Balaban J connectivity index is 2.10. The van der Waals surface area contributed by atoms with Gasteiger partial charge in [0.25, 0.3) is 0 Å². The van der Waals surface area contributed by atoms with Crippen molar-refractivity contribution in [2.24, 2.45) is 0 Å². The van der Waals surface area contributed by atoms with Crippen LogP contribution in [0.4, 0.5) is 0 Å². The quantitative estimate of drug-likeness (QED) is 0.384. The number of rotatable bonds is 3. The molecule has 0 bridgehead atoms. The minimum atomic E-state index is 0.656. The third-order valence-corrected chi connectivity index (χ3v) is 4.83. The van der Waals surface area contributed by atoms with Crippen LogP contribution in [0.2, 0.25) is 10.0 Å². The van der Waals surface area contributed by atoms with Crippen LogP contribution in [0, 0.1) is 0 Å². The zero-order valence-electron chi connectivity index (χ0n) is 13.5. The van der Waals surface area contributed by atoms with Crippen molar-refractivity contribution in [2.45, 2.75) is 26.7 Å². The van der Waals surface area contributed by atoms with Gasteiger partial charge in [0.1, 0.15) is 22.7 Å². The van der Waals surface area contributed by atoms with Crippen molar-refractivity contribution in [1.29, 1.82) is 0 Å². The first-order valence-electron chi connectivity index (χ1n) is 8.04. The number of halogens is 2. The van der Waals surface area contributed by atoms with Gasteiger partial charge in [-0.3, -0.25) is 0 Å². The summed E-state index contributed by atoms with van der Waals surface area (Å²) >= 11 is 12.9. The van der Waals surface area contributed by atoms with Crippen LogP contribution in [0.25, 0.3) is 33.1 Å². The van der Waals surface area contributed by atoms with E-state index in [-0.39, 0.29) is 0 Å². The molecule has 4 aromatic rings. The molecule has 0 amide bonds. The van der Waals surface area contributed by atoms with E-state index in [0.717, 1.165) is 57.4 Å². The normalized spacial score (nSPS) is 11.7. The van der Waals surface area contributed by atoms with Gasteiger partial charge < -0.3 is 8.83 Å². The van der Waals surface area contributed by atoms with Gasteiger partial charge in [0, 0.05) is 44.8 Å². The van der Waals surface area contributed by atoms with Crippen LogP contribution in [-0.4, -0.2) is 0 Å². The van der Waals surface area contributed by atoms with Crippen molar-refractivity contribution in [3.8, 4) is 11.1 Å². The molecule has 2 nitrogen and oxygen atoms in total. The van der Waals surface area contributed by atoms with E-state index in [1.807, 2.05) is 36.4 Å². The van der Waals surface area contributed by atoms with Gasteiger partial charge in [0.2, 0.25) is 0 Å². The molecule has 4 heteroatoms. The van der Waals surface area contributed by atoms with Gasteiger partial charge in [-0.25, -0.2) is 0 Å². The van der Waals surface area contributed by atoms with Crippen LogP contribution >= 0.6 is 23.2 Å². The summed E-state index contributed by atoms with van der Waals surface area (Å²) in [5.41, 5.74) is 3.44. The van der Waals surface area contributed by atoms with Gasteiger partial charge in [-0.1, -0.05) is 37.0 Å². The zero-order valence-corrected chi connectivity index (χ0v) is 15.0. The second-order valence-electron chi connectivity index (χ2n) is 5.84. The summed E-state index contributed by atoms with van der Waals surface area (Å²) in [5.74, 6) is 1.86. The zero-order chi connectivity index (χ0) is 16.8. The standard InChI is InChI=1S/C20H16Cl2O2/c1-3-13-8-11-7-12(21)9-16(20(11)24-13)19-15-10-14(4-2)23-18(15)6-5-17(19)22/h5-10H,3-4H2,1-2H3. The van der Waals surface area contributed by atoms with Gasteiger partial charge >= 0.3 is 0 Å². The molecular formula is C20H16Cl2O2. The Morgan fingerprint density at radius 1 is 0.875 bits per heavy atom. The number of furan rings is 2. The van der Waals surface area contributed by atoms with E-state index >= 15 is 0 Å². The summed E-state index contributed by atoms with van der Waals surface area (Å²) in [7, 11) is 0. The molecule has 0 N–H and O–H groups in total. The second kappa shape index (κ2) is 5.87. The Hall–Kier alpha value is -1.90. The molecule has 0 spiro atoms. The summed E-state index contributed by atoms with van der Waals surface area (Å²) < 4.78 is 11.9. The maximum absolute atomic E-state index is 6.56. The van der Waals surface area contributed by atoms with E-state index < -0.39 is 0 Å². The molecule has 2 aromatic carbocycles. The monoisotopic (exact) mass is 358 g/mol. The van der Waals surface area contributed by atoms with Gasteiger partial charge in [0.05, 0.1) is 0 Å². The van der Waals surface area contributed by atoms with Crippen molar-refractivity contribution in [1.82, 2.24) is 0 Å². The summed E-state index contributed by atoms with van der Waals surface area (Å²) in [6, 6.07) is 11.7. The topological polar surface area (TPSA) is 26.3 Å². The highest BCUT2D eigenvalue weighted by Crippen LogP contribution is 2.42. The maximum Gasteiger partial charge on any atom is 0.142 e. The third-order valence-electron chi connectivity index (χ3n) is 4.30. The number of hydrogen-bond acceptors (Lipinski definition) is 2. The fraction of sp³-hybridized carbons (Fsp3) is 0.200. The maximum atomic E-state index is 6.56. The lowest BCUT2D eigenvalue weighted by molar-refractivity contribution is 0.557. The Morgan fingerprint density at radius 3 is 2.38 bits per heavy atom. The first kappa shape index (κ1) is 15.6. The lowest BCUT2D eigenvalue weighted by atomic mass is 9.99. The molecule has 0 aliphatic carbocycles. The molecule has 0 radical (unpaired) electrons. The largest absolute Gasteiger partial charge is 0.461 e. The molecule has 0 atom stereocenters. The number of hydrogen-bond donors (Lipinski definition) is 0. The van der Waals surface area contributed by atoms with Crippen LogP contribution in [0.3, 0.4) is 0 Å². The number of aryl methyl sites for hydroxylation is 2. The molecule has 0 aliphatic rings. The summed E-state index contributed by atoms with van der Waals surface area (Å²) in [6.45, 7) is 4.13. The summed E-state index contributed by atoms with van der Waals surface area (Å²) in [4.78, 5) is 0. The smallest absolute Gasteiger partial charge is 0.142 e. The fourth-order valence-electron chi connectivity index (χ4n) is 3.12. The highest BCUT2D eigenvalue weighted by atomic mass is 35.5. The molecule has 0 aliphatic heterocycles. The van der Waals surface area contributed by atoms with Crippen LogP contribution in [0.5, 0.6) is 0 Å². The molecule has 0 saturated heterocycles. The van der Waals surface area contributed by atoms with Gasteiger partial charge in [-0.2, -0.15) is 0 Å². The molecular weight excluding hydrogens is 343 g/mol. The van der Waals surface area contributed by atoms with Crippen molar-refractivity contribution in [3.63, 3.8) is 0 Å². The number of fused-ring (bicyclic) bond motifs is 2. The van der Waals surface area contributed by atoms with E-state index in [4.69, 9.17) is 32.0 Å². The van der Waals surface area contributed by atoms with Gasteiger partial charge in [-0.05, 0) is 36.4 Å². The third kappa shape index (κ3) is 2.42. The van der Waals surface area contributed by atoms with Crippen molar-refractivity contribution in [3.05, 3.63) is 58.0 Å². The van der Waals surface area contributed by atoms with Crippen LogP contribution in [0.15, 0.2) is 45.2 Å². The lowest BCUT2D eigenvalue weighted by Crippen LogP contribution is -1.83. The lowest BCUT2D eigenvalue weighted by Gasteiger charge is -2.08. The Labute approximate surface area is 150 Å². The first-order valence-corrected chi connectivity index (χ1v) is 8.79. The van der Waals surface area contributed by atoms with E-state index in [1.165, 1.54) is 0 Å². The van der Waals surface area contributed by atoms with Gasteiger partial charge in [0.15, 0.2) is 0 Å². The van der Waals surface area contributed by atoms with Crippen molar-refractivity contribution < 1.29 is 8.83 Å². The minimum absolute atomic E-state index is 0.656. The van der Waals surface area contributed by atoms with E-state index in [9.17, 15) is 0 Å². The first-order chi connectivity index (χ1) is 11.6. The predicted octanol–water partition coefficient (Wildman–Crippen LogP) is 7.28. The van der Waals surface area contributed by atoms with Crippen molar-refractivity contribution >= 4 is 45.1 Å². The van der Waals surface area contributed by atoms with Crippen LogP contribution in [0.1, 0.15) is 25.4 Å². The summed E-state index contributed by atoms with van der Waals surface area (Å²) in [6.07, 6.45) is 1.66. The SMILES string of the molecule is CCc1cc2c(-c3cc(Cl)cc4cc(CC)oc34)c(Cl)ccc2o1. The molecule has 24 heavy (non-hydrogen) atoms. The Morgan fingerprint density at radius 2 is 1.62 bits per heavy atom. The number of benzene rings is 2. The second-order valence-corrected chi connectivity index (χ2v) is 6.68. The highest BCUT2D eigenvalue weighted by molar-refractivity contribution is 6.36. The van der Waals surface area contributed by atoms with Crippen molar-refractivity contribution in [2.75, 3.05) is 0 Å². The minimum Gasteiger partial charge on any atom is -0.461 e. The highest BCUT2D eigenvalue weighted by Gasteiger charge is 2.18. The van der Waals surface area contributed by atoms with Gasteiger partial charge in [-0.15, -0.1) is 0 Å². The molecule has 2 aromatic heterocycles. The Bertz CT molecular complexity index is 1060. The molecule has 4 rings (SSSR count). The average molecular weight is 359 g/mol. The molecule has 0 fully saturated rings. The van der Waals surface area contributed by atoms with E-state index in [0.29, 0.717) is 10.0 Å². The molecule has 0 saturated carbocycles. The molecule has 0 unspecified atom stereocenters. The molecule has 122 valence electrons. The van der Waals surface area contributed by atoms with E-state index in [1.54, 1.807) is 0 Å². The van der Waals surface area contributed by atoms with Crippen LogP contribution < -0.4 is 0 Å². The van der Waals surface area contributed by atoms with Crippen LogP contribution in [-0.2, 0) is 12.8 Å². The Kier molecular flexibility index (Phi) is 3.82. The summed E-state index contributed by atoms with van der Waals surface area (Å²) in [5, 5.41) is 3.29. The fourth-order valence-corrected chi connectivity index (χ4v) is 3.61.